The van der Waals surface area contributed by atoms with Gasteiger partial charge in [0.25, 0.3) is 5.91 Å². The fraction of sp³-hybridized carbons (Fsp3) is 0.111. The van der Waals surface area contributed by atoms with Crippen LogP contribution in [0.4, 0.5) is 13.2 Å². The van der Waals surface area contributed by atoms with E-state index in [2.05, 4.69) is 20.5 Å². The van der Waals surface area contributed by atoms with Crippen LogP contribution in [0.3, 0.4) is 0 Å². The van der Waals surface area contributed by atoms with Crippen molar-refractivity contribution < 1.29 is 18.0 Å². The molecule has 0 spiro atoms. The number of amides is 1. The average Bonchev–Trinajstić information content (AvgIpc) is 2.66. The van der Waals surface area contributed by atoms with Crippen LogP contribution in [0, 0.1) is 0 Å². The highest BCUT2D eigenvalue weighted by Crippen LogP contribution is 2.31. The summed E-state index contributed by atoms with van der Waals surface area (Å²) in [5.74, 6) is -0.910. The van der Waals surface area contributed by atoms with Crippen LogP contribution >= 0.6 is 0 Å². The Bertz CT molecular complexity index is 846. The van der Waals surface area contributed by atoms with E-state index in [0.29, 0.717) is 17.5 Å². The van der Waals surface area contributed by atoms with Crippen molar-refractivity contribution in [1.82, 2.24) is 20.5 Å². The van der Waals surface area contributed by atoms with Gasteiger partial charge in [-0.1, -0.05) is 36.4 Å². The van der Waals surface area contributed by atoms with Crippen LogP contribution in [0.5, 0.6) is 0 Å². The summed E-state index contributed by atoms with van der Waals surface area (Å²) in [6.07, 6.45) is -1.83. The van der Waals surface area contributed by atoms with E-state index in [4.69, 9.17) is 0 Å². The minimum atomic E-state index is -4.71. The van der Waals surface area contributed by atoms with E-state index in [1.807, 2.05) is 0 Å². The van der Waals surface area contributed by atoms with E-state index in [1.54, 1.807) is 54.7 Å². The maximum atomic E-state index is 13.1. The van der Waals surface area contributed by atoms with Crippen LogP contribution in [-0.4, -0.2) is 21.1 Å². The van der Waals surface area contributed by atoms with Gasteiger partial charge in [-0.15, -0.1) is 0 Å². The summed E-state index contributed by atoms with van der Waals surface area (Å²) in [6.45, 7) is 0. The molecule has 0 saturated carbocycles. The highest BCUT2D eigenvalue weighted by molar-refractivity contribution is 5.95. The van der Waals surface area contributed by atoms with E-state index in [9.17, 15) is 18.0 Å². The van der Waals surface area contributed by atoms with Crippen molar-refractivity contribution in [2.75, 3.05) is 0 Å². The molecule has 1 atom stereocenters. The second-order valence-electron chi connectivity index (χ2n) is 5.39. The molecule has 0 radical (unpaired) electrons. The third-order valence-corrected chi connectivity index (χ3v) is 3.67. The molecule has 2 aromatic heterocycles. The number of hydrogen-bond acceptors (Lipinski definition) is 4. The minimum absolute atomic E-state index is 0.502. The topological polar surface area (TPSA) is 67.8 Å². The number of halogens is 3. The normalized spacial score (nSPS) is 12.4. The molecule has 26 heavy (non-hydrogen) atoms. The van der Waals surface area contributed by atoms with E-state index in [-0.39, 0.29) is 0 Å². The minimum Gasteiger partial charge on any atom is -0.339 e. The summed E-state index contributed by atoms with van der Waals surface area (Å²) in [6, 6.07) is 13.3. The number of aromatic nitrogens is 3. The number of pyridine rings is 1. The lowest BCUT2D eigenvalue weighted by Gasteiger charge is -2.20. The van der Waals surface area contributed by atoms with Crippen LogP contribution in [0.15, 0.2) is 67.1 Å². The largest absolute Gasteiger partial charge is 0.418 e. The lowest BCUT2D eigenvalue weighted by molar-refractivity contribution is -0.138. The molecule has 132 valence electrons. The summed E-state index contributed by atoms with van der Waals surface area (Å²) in [4.78, 5) is 16.8. The number of hydrogen-bond donors (Lipinski definition) is 1. The number of carbonyl (C=O) groups excluding carboxylic acids is 1. The third-order valence-electron chi connectivity index (χ3n) is 3.67. The summed E-state index contributed by atoms with van der Waals surface area (Å²) in [5.41, 5.74) is -0.542. The number of carbonyl (C=O) groups is 1. The standard InChI is InChI=1S/C18H13F3N4O/c19-18(20,21)14-11-24-23-10-13(14)17(26)25-16(12-6-2-1-3-7-12)15-8-4-5-9-22-15/h1-11,16H,(H,25,26). The molecule has 0 aliphatic carbocycles. The lowest BCUT2D eigenvalue weighted by atomic mass is 10.0. The molecule has 3 aromatic rings. The maximum Gasteiger partial charge on any atom is 0.418 e. The van der Waals surface area contributed by atoms with Gasteiger partial charge in [-0.3, -0.25) is 9.78 Å². The molecule has 0 aliphatic rings. The van der Waals surface area contributed by atoms with Gasteiger partial charge >= 0.3 is 6.18 Å². The Morgan fingerprint density at radius 1 is 0.962 bits per heavy atom. The molecular weight excluding hydrogens is 345 g/mol. The van der Waals surface area contributed by atoms with Gasteiger partial charge in [0.2, 0.25) is 0 Å². The Morgan fingerprint density at radius 2 is 1.65 bits per heavy atom. The van der Waals surface area contributed by atoms with Gasteiger partial charge in [0.05, 0.1) is 35.3 Å². The summed E-state index contributed by atoms with van der Waals surface area (Å²) >= 11 is 0. The quantitative estimate of drug-likeness (QED) is 0.776. The predicted molar refractivity (Wildman–Crippen MR) is 87.0 cm³/mol. The zero-order valence-electron chi connectivity index (χ0n) is 13.3. The van der Waals surface area contributed by atoms with Crippen LogP contribution in [0.2, 0.25) is 0 Å². The Hall–Kier alpha value is -3.29. The number of nitrogens with one attached hydrogen (secondary N) is 1. The number of nitrogens with zero attached hydrogens (tertiary/aromatic N) is 3. The SMILES string of the molecule is O=C(NC(c1ccccc1)c1ccccn1)c1cnncc1C(F)(F)F. The van der Waals surface area contributed by atoms with Gasteiger partial charge in [-0.05, 0) is 17.7 Å². The maximum absolute atomic E-state index is 13.1. The number of alkyl halides is 3. The molecular formula is C18H13F3N4O. The van der Waals surface area contributed by atoms with Crippen LogP contribution in [0.25, 0.3) is 0 Å². The molecule has 3 rings (SSSR count). The van der Waals surface area contributed by atoms with Gasteiger partial charge < -0.3 is 5.32 Å². The van der Waals surface area contributed by atoms with E-state index < -0.39 is 29.3 Å². The predicted octanol–water partition coefficient (Wildman–Crippen LogP) is 3.41. The first-order valence-electron chi connectivity index (χ1n) is 7.61. The van der Waals surface area contributed by atoms with Crippen molar-refractivity contribution in [2.24, 2.45) is 0 Å². The van der Waals surface area contributed by atoms with Gasteiger partial charge in [0.1, 0.15) is 0 Å². The van der Waals surface area contributed by atoms with Crippen LogP contribution < -0.4 is 5.32 Å². The fourth-order valence-corrected chi connectivity index (χ4v) is 2.46. The molecule has 1 amide bonds. The summed E-state index contributed by atoms with van der Waals surface area (Å²) in [5, 5.41) is 9.24. The van der Waals surface area contributed by atoms with E-state index >= 15 is 0 Å². The van der Waals surface area contributed by atoms with Crippen LogP contribution in [-0.2, 0) is 6.18 Å². The van der Waals surface area contributed by atoms with Gasteiger partial charge in [-0.2, -0.15) is 23.4 Å². The first kappa shape index (κ1) is 17.5. The molecule has 1 aromatic carbocycles. The molecule has 2 heterocycles. The van der Waals surface area contributed by atoms with Crippen molar-refractivity contribution in [3.8, 4) is 0 Å². The molecule has 0 saturated heterocycles. The van der Waals surface area contributed by atoms with Crippen molar-refractivity contribution in [3.63, 3.8) is 0 Å². The highest BCUT2D eigenvalue weighted by Gasteiger charge is 2.36. The molecule has 0 fully saturated rings. The molecule has 1 unspecified atom stereocenters. The first-order valence-corrected chi connectivity index (χ1v) is 7.61. The second-order valence-corrected chi connectivity index (χ2v) is 5.39. The highest BCUT2D eigenvalue weighted by atomic mass is 19.4. The smallest absolute Gasteiger partial charge is 0.339 e. The second kappa shape index (κ2) is 7.30. The molecule has 8 heteroatoms. The lowest BCUT2D eigenvalue weighted by Crippen LogP contribution is -2.31. The Morgan fingerprint density at radius 3 is 2.31 bits per heavy atom. The first-order chi connectivity index (χ1) is 12.5. The monoisotopic (exact) mass is 358 g/mol. The Kier molecular flexibility index (Phi) is 4.92. The van der Waals surface area contributed by atoms with Gasteiger partial charge in [-0.25, -0.2) is 0 Å². The van der Waals surface area contributed by atoms with Crippen LogP contribution in [0.1, 0.15) is 33.2 Å². The molecule has 0 aliphatic heterocycles. The summed E-state index contributed by atoms with van der Waals surface area (Å²) in [7, 11) is 0. The zero-order chi connectivity index (χ0) is 18.6. The van der Waals surface area contributed by atoms with E-state index in [1.165, 1.54) is 0 Å². The van der Waals surface area contributed by atoms with E-state index in [0.717, 1.165) is 6.20 Å². The van der Waals surface area contributed by atoms with Gasteiger partial charge in [0, 0.05) is 6.20 Å². The number of benzene rings is 1. The Balaban J connectivity index is 1.97. The van der Waals surface area contributed by atoms with Crippen molar-refractivity contribution in [3.05, 3.63) is 89.5 Å². The molecule has 0 bridgehead atoms. The zero-order valence-corrected chi connectivity index (χ0v) is 13.3. The average molecular weight is 358 g/mol. The number of rotatable bonds is 4. The third kappa shape index (κ3) is 3.85. The van der Waals surface area contributed by atoms with Crippen molar-refractivity contribution >= 4 is 5.91 Å². The Labute approximate surface area is 146 Å². The molecule has 5 nitrogen and oxygen atoms in total. The van der Waals surface area contributed by atoms with Crippen molar-refractivity contribution in [1.29, 1.82) is 0 Å². The molecule has 1 N–H and O–H groups in total. The fourth-order valence-electron chi connectivity index (χ4n) is 2.46. The summed E-state index contributed by atoms with van der Waals surface area (Å²) < 4.78 is 39.4. The van der Waals surface area contributed by atoms with Crippen molar-refractivity contribution in [2.45, 2.75) is 12.2 Å². The van der Waals surface area contributed by atoms with Gasteiger partial charge in [0.15, 0.2) is 0 Å².